The Labute approximate surface area is 175 Å². The van der Waals surface area contributed by atoms with Crippen LogP contribution < -0.4 is 15.6 Å². The lowest BCUT2D eigenvalue weighted by Gasteiger charge is -2.09. The molecule has 0 spiro atoms. The zero-order valence-corrected chi connectivity index (χ0v) is 16.9. The number of carbonyl (C=O) groups excluding carboxylic acids is 2. The highest BCUT2D eigenvalue weighted by atomic mass is 16.5. The summed E-state index contributed by atoms with van der Waals surface area (Å²) in [6, 6.07) is 19.4. The maximum Gasteiger partial charge on any atom is 0.305 e. The highest BCUT2D eigenvalue weighted by Crippen LogP contribution is 2.14. The van der Waals surface area contributed by atoms with E-state index in [1.807, 2.05) is 56.3 Å². The number of para-hydroxylation sites is 1. The topological polar surface area (TPSA) is 89.8 Å². The maximum atomic E-state index is 12.2. The molecule has 0 aliphatic heterocycles. The number of nitrogens with one attached hydrogen (secondary N) is 2. The third kappa shape index (κ3) is 6.22. The van der Waals surface area contributed by atoms with Gasteiger partial charge in [-0.1, -0.05) is 30.3 Å². The first-order valence-corrected chi connectivity index (χ1v) is 9.59. The van der Waals surface area contributed by atoms with Gasteiger partial charge in [-0.15, -0.1) is 0 Å². The molecular formula is C23H24N2O5. The lowest BCUT2D eigenvalue weighted by atomic mass is 10.1. The number of hydrogen-bond donors (Lipinski definition) is 2. The summed E-state index contributed by atoms with van der Waals surface area (Å²) in [5, 5.41) is 0. The van der Waals surface area contributed by atoms with Gasteiger partial charge in [0.2, 0.25) is 0 Å². The standard InChI is InChI=1S/C23H24N2O5/c1-16(2)28-14-17-8-10-18(11-9-17)22(26)24-25-23(27)21-13-12-20(30-21)15-29-19-6-4-3-5-7-19/h3-13,16H,14-15H2,1-2H3,(H,24,26)(H,25,27). The molecule has 0 fully saturated rings. The Kier molecular flexibility index (Phi) is 7.24. The number of rotatable bonds is 8. The summed E-state index contributed by atoms with van der Waals surface area (Å²) in [4.78, 5) is 24.4. The molecule has 7 heteroatoms. The van der Waals surface area contributed by atoms with Gasteiger partial charge in [-0.3, -0.25) is 20.4 Å². The van der Waals surface area contributed by atoms with Crippen LogP contribution in [0, 0.1) is 0 Å². The second kappa shape index (κ2) is 10.3. The van der Waals surface area contributed by atoms with E-state index in [9.17, 15) is 9.59 Å². The number of ether oxygens (including phenoxy) is 2. The molecule has 0 aliphatic rings. The molecule has 3 aromatic rings. The average Bonchev–Trinajstić information content (AvgIpc) is 3.24. The van der Waals surface area contributed by atoms with Crippen molar-refractivity contribution in [2.45, 2.75) is 33.2 Å². The molecule has 2 N–H and O–H groups in total. The van der Waals surface area contributed by atoms with E-state index in [4.69, 9.17) is 13.9 Å². The average molecular weight is 408 g/mol. The van der Waals surface area contributed by atoms with E-state index in [1.165, 1.54) is 6.07 Å². The van der Waals surface area contributed by atoms with Crippen LogP contribution in [0.1, 0.15) is 46.1 Å². The van der Waals surface area contributed by atoms with Crippen LogP contribution in [0.2, 0.25) is 0 Å². The van der Waals surface area contributed by atoms with Crippen molar-refractivity contribution < 1.29 is 23.5 Å². The van der Waals surface area contributed by atoms with Crippen LogP contribution in [0.3, 0.4) is 0 Å². The van der Waals surface area contributed by atoms with Crippen LogP contribution in [0.5, 0.6) is 5.75 Å². The predicted octanol–water partition coefficient (Wildman–Crippen LogP) is 3.86. The van der Waals surface area contributed by atoms with Gasteiger partial charge in [0, 0.05) is 5.56 Å². The fourth-order valence-electron chi connectivity index (χ4n) is 2.51. The Morgan fingerprint density at radius 2 is 1.57 bits per heavy atom. The lowest BCUT2D eigenvalue weighted by Crippen LogP contribution is -2.41. The van der Waals surface area contributed by atoms with Gasteiger partial charge in [-0.05, 0) is 55.8 Å². The highest BCUT2D eigenvalue weighted by Gasteiger charge is 2.13. The van der Waals surface area contributed by atoms with E-state index in [0.717, 1.165) is 5.56 Å². The fourth-order valence-corrected chi connectivity index (χ4v) is 2.51. The lowest BCUT2D eigenvalue weighted by molar-refractivity contribution is 0.0656. The molecule has 3 rings (SSSR count). The molecule has 1 heterocycles. The predicted molar refractivity (Wildman–Crippen MR) is 111 cm³/mol. The van der Waals surface area contributed by atoms with E-state index in [-0.39, 0.29) is 18.5 Å². The monoisotopic (exact) mass is 408 g/mol. The zero-order chi connectivity index (χ0) is 21.3. The summed E-state index contributed by atoms with van der Waals surface area (Å²) in [5.74, 6) is 0.279. The Morgan fingerprint density at radius 3 is 2.27 bits per heavy atom. The van der Waals surface area contributed by atoms with Gasteiger partial charge in [-0.25, -0.2) is 0 Å². The summed E-state index contributed by atoms with van der Waals surface area (Å²) in [7, 11) is 0. The number of hydrazine groups is 1. The second-order valence-electron chi connectivity index (χ2n) is 6.83. The van der Waals surface area contributed by atoms with Gasteiger partial charge in [0.1, 0.15) is 18.1 Å². The molecule has 0 saturated heterocycles. The molecule has 1 aromatic heterocycles. The smallest absolute Gasteiger partial charge is 0.305 e. The van der Waals surface area contributed by atoms with Crippen molar-refractivity contribution >= 4 is 11.8 Å². The van der Waals surface area contributed by atoms with Crippen LogP contribution in [0.25, 0.3) is 0 Å². The zero-order valence-electron chi connectivity index (χ0n) is 16.9. The minimum atomic E-state index is -0.559. The van der Waals surface area contributed by atoms with Crippen LogP contribution in [0.4, 0.5) is 0 Å². The van der Waals surface area contributed by atoms with Crippen molar-refractivity contribution in [3.63, 3.8) is 0 Å². The van der Waals surface area contributed by atoms with E-state index < -0.39 is 11.8 Å². The summed E-state index contributed by atoms with van der Waals surface area (Å²) < 4.78 is 16.6. The minimum Gasteiger partial charge on any atom is -0.486 e. The van der Waals surface area contributed by atoms with Gasteiger partial charge in [0.15, 0.2) is 5.76 Å². The Hall–Kier alpha value is -3.58. The van der Waals surface area contributed by atoms with Crippen LogP contribution in [-0.4, -0.2) is 17.9 Å². The minimum absolute atomic E-state index is 0.0724. The molecule has 2 amide bonds. The molecule has 0 bridgehead atoms. The molecular weight excluding hydrogens is 384 g/mol. The Morgan fingerprint density at radius 1 is 0.867 bits per heavy atom. The molecule has 0 saturated carbocycles. The highest BCUT2D eigenvalue weighted by molar-refractivity contribution is 5.97. The number of amides is 2. The van der Waals surface area contributed by atoms with Gasteiger partial charge in [0.25, 0.3) is 5.91 Å². The molecule has 156 valence electrons. The van der Waals surface area contributed by atoms with Crippen molar-refractivity contribution in [3.8, 4) is 5.75 Å². The van der Waals surface area contributed by atoms with Gasteiger partial charge in [0.05, 0.1) is 12.7 Å². The normalized spacial score (nSPS) is 10.6. The fraction of sp³-hybridized carbons (Fsp3) is 0.217. The third-order valence-electron chi connectivity index (χ3n) is 4.10. The first-order valence-electron chi connectivity index (χ1n) is 9.59. The Balaban J connectivity index is 1.47. The molecule has 0 radical (unpaired) electrons. The van der Waals surface area contributed by atoms with E-state index in [2.05, 4.69) is 10.9 Å². The van der Waals surface area contributed by atoms with Gasteiger partial charge >= 0.3 is 5.91 Å². The first kappa shape index (κ1) is 21.1. The van der Waals surface area contributed by atoms with Crippen molar-refractivity contribution in [2.75, 3.05) is 0 Å². The van der Waals surface area contributed by atoms with E-state index in [1.54, 1.807) is 18.2 Å². The summed E-state index contributed by atoms with van der Waals surface area (Å²) in [5.41, 5.74) is 6.09. The SMILES string of the molecule is CC(C)OCc1ccc(C(=O)NNC(=O)c2ccc(COc3ccccc3)o2)cc1. The van der Waals surface area contributed by atoms with Crippen LogP contribution in [-0.2, 0) is 18.0 Å². The number of carbonyl (C=O) groups is 2. The molecule has 30 heavy (non-hydrogen) atoms. The van der Waals surface area contributed by atoms with Gasteiger partial charge < -0.3 is 13.9 Å². The van der Waals surface area contributed by atoms with Crippen molar-refractivity contribution in [1.29, 1.82) is 0 Å². The molecule has 0 unspecified atom stereocenters. The number of hydrogen-bond acceptors (Lipinski definition) is 5. The number of benzene rings is 2. The third-order valence-corrected chi connectivity index (χ3v) is 4.10. The number of furan rings is 1. The second-order valence-corrected chi connectivity index (χ2v) is 6.83. The van der Waals surface area contributed by atoms with Crippen LogP contribution in [0.15, 0.2) is 71.1 Å². The van der Waals surface area contributed by atoms with Gasteiger partial charge in [-0.2, -0.15) is 0 Å². The largest absolute Gasteiger partial charge is 0.486 e. The van der Waals surface area contributed by atoms with Crippen LogP contribution >= 0.6 is 0 Å². The first-order chi connectivity index (χ1) is 14.5. The molecule has 0 atom stereocenters. The van der Waals surface area contributed by atoms with E-state index in [0.29, 0.717) is 23.7 Å². The Bertz CT molecular complexity index is 965. The van der Waals surface area contributed by atoms with Crippen molar-refractivity contribution in [1.82, 2.24) is 10.9 Å². The quantitative estimate of drug-likeness (QED) is 0.553. The van der Waals surface area contributed by atoms with Crippen molar-refractivity contribution in [2.24, 2.45) is 0 Å². The summed E-state index contributed by atoms with van der Waals surface area (Å²) in [6.07, 6.45) is 0.134. The maximum absolute atomic E-state index is 12.2. The molecule has 2 aromatic carbocycles. The summed E-state index contributed by atoms with van der Waals surface area (Å²) >= 11 is 0. The summed E-state index contributed by atoms with van der Waals surface area (Å²) in [6.45, 7) is 4.59. The van der Waals surface area contributed by atoms with E-state index >= 15 is 0 Å². The molecule has 7 nitrogen and oxygen atoms in total. The molecule has 0 aliphatic carbocycles. The van der Waals surface area contributed by atoms with Crippen molar-refractivity contribution in [3.05, 3.63) is 89.4 Å².